The third-order valence-electron chi connectivity index (χ3n) is 8.74. The van der Waals surface area contributed by atoms with Gasteiger partial charge in [-0.2, -0.15) is 0 Å². The van der Waals surface area contributed by atoms with E-state index in [1.807, 2.05) is 25.0 Å². The molecule has 2 aromatic heterocycles. The summed E-state index contributed by atoms with van der Waals surface area (Å²) in [5.74, 6) is -0.769. The van der Waals surface area contributed by atoms with Crippen molar-refractivity contribution >= 4 is 47.0 Å². The molecule has 268 valence electrons. The number of hydrogen-bond acceptors (Lipinski definition) is 7. The summed E-state index contributed by atoms with van der Waals surface area (Å²) < 4.78 is 14.7. The van der Waals surface area contributed by atoms with Gasteiger partial charge in [-0.25, -0.2) is 4.79 Å². The standard InChI is InChI=1S/C36H38N6O7.C2H6/c1-40-20-23(15-30(40)36(46)47)22-9-11-24(12-10-22)39-34(44)29-16-25(21-41(29)2)38-33(43)8-6-14-49-32-18-28-27(17-31(32)48-3)35(45)42-13-5-4-7-26(42)19-37-28;1-2/h9-12,15-21,26H,4-8,13-14H2,1-3H3,(H,38,43)(H,39,44)(H,46,47);1-2H3/t26-;/m0./s1. The van der Waals surface area contributed by atoms with Gasteiger partial charge in [-0.05, 0) is 61.6 Å². The fraction of sp³-hybridized carbons (Fsp3) is 0.342. The van der Waals surface area contributed by atoms with Crippen LogP contribution in [0.2, 0.25) is 0 Å². The molecular weight excluding hydrogens is 652 g/mol. The van der Waals surface area contributed by atoms with E-state index in [2.05, 4.69) is 15.6 Å². The predicted molar refractivity (Wildman–Crippen MR) is 196 cm³/mol. The van der Waals surface area contributed by atoms with Crippen LogP contribution in [0.4, 0.5) is 17.1 Å². The Labute approximate surface area is 296 Å². The number of aromatic nitrogens is 2. The van der Waals surface area contributed by atoms with Crippen molar-refractivity contribution in [1.82, 2.24) is 14.0 Å². The van der Waals surface area contributed by atoms with Crippen LogP contribution in [0.5, 0.6) is 11.5 Å². The summed E-state index contributed by atoms with van der Waals surface area (Å²) in [5.41, 5.74) is 4.17. The first kappa shape index (κ1) is 36.4. The van der Waals surface area contributed by atoms with E-state index in [1.54, 1.807) is 84.2 Å². The van der Waals surface area contributed by atoms with Crippen LogP contribution >= 0.6 is 0 Å². The number of nitrogens with zero attached hydrogens (tertiary/aromatic N) is 4. The van der Waals surface area contributed by atoms with Crippen LogP contribution in [-0.4, -0.2) is 75.3 Å². The summed E-state index contributed by atoms with van der Waals surface area (Å²) >= 11 is 0. The normalized spacial score (nSPS) is 14.7. The van der Waals surface area contributed by atoms with Crippen molar-refractivity contribution < 1.29 is 33.8 Å². The second-order valence-corrected chi connectivity index (χ2v) is 12.1. The van der Waals surface area contributed by atoms with Crippen LogP contribution in [0.1, 0.15) is 77.3 Å². The van der Waals surface area contributed by atoms with Gasteiger partial charge in [0.2, 0.25) is 5.91 Å². The fourth-order valence-electron chi connectivity index (χ4n) is 6.16. The molecule has 13 nitrogen and oxygen atoms in total. The largest absolute Gasteiger partial charge is 0.493 e. The highest BCUT2D eigenvalue weighted by atomic mass is 16.5. The first-order valence-electron chi connectivity index (χ1n) is 17.1. The minimum atomic E-state index is -1.01. The van der Waals surface area contributed by atoms with Crippen LogP contribution in [0, 0.1) is 0 Å². The molecule has 3 amide bonds. The Morgan fingerprint density at radius 2 is 1.65 bits per heavy atom. The van der Waals surface area contributed by atoms with E-state index in [0.717, 1.165) is 30.4 Å². The smallest absolute Gasteiger partial charge is 0.352 e. The number of nitrogens with one attached hydrogen (secondary N) is 2. The van der Waals surface area contributed by atoms with E-state index in [9.17, 15) is 24.3 Å². The van der Waals surface area contributed by atoms with Crippen LogP contribution in [-0.2, 0) is 18.9 Å². The van der Waals surface area contributed by atoms with Crippen LogP contribution in [0.25, 0.3) is 11.1 Å². The number of hydrogen-bond donors (Lipinski definition) is 3. The Kier molecular flexibility index (Phi) is 11.6. The minimum absolute atomic E-state index is 0.00583. The van der Waals surface area contributed by atoms with Gasteiger partial charge in [-0.1, -0.05) is 26.0 Å². The van der Waals surface area contributed by atoms with Crippen molar-refractivity contribution in [2.45, 2.75) is 52.0 Å². The Morgan fingerprint density at radius 1 is 0.902 bits per heavy atom. The molecule has 2 aromatic carbocycles. The average molecular weight is 697 g/mol. The molecule has 51 heavy (non-hydrogen) atoms. The van der Waals surface area contributed by atoms with E-state index in [4.69, 9.17) is 9.47 Å². The molecule has 0 bridgehead atoms. The zero-order valence-electron chi connectivity index (χ0n) is 29.6. The molecule has 0 aliphatic carbocycles. The highest BCUT2D eigenvalue weighted by Gasteiger charge is 2.31. The molecule has 0 radical (unpaired) electrons. The van der Waals surface area contributed by atoms with Gasteiger partial charge in [0.05, 0.1) is 36.7 Å². The molecular formula is C38H44N6O7. The Balaban J connectivity index is 0.00000248. The maximum atomic E-state index is 13.2. The Morgan fingerprint density at radius 3 is 2.35 bits per heavy atom. The number of carboxylic acids is 1. The van der Waals surface area contributed by atoms with Crippen molar-refractivity contribution in [2.24, 2.45) is 19.1 Å². The molecule has 4 heterocycles. The molecule has 1 atom stereocenters. The number of aryl methyl sites for hydroxylation is 2. The minimum Gasteiger partial charge on any atom is -0.493 e. The lowest BCUT2D eigenvalue weighted by Gasteiger charge is -2.32. The van der Waals surface area contributed by atoms with E-state index < -0.39 is 5.97 Å². The fourth-order valence-corrected chi connectivity index (χ4v) is 6.16. The number of fused-ring (bicyclic) bond motifs is 2. The van der Waals surface area contributed by atoms with Crippen molar-refractivity contribution in [2.75, 3.05) is 30.9 Å². The van der Waals surface area contributed by atoms with Gasteiger partial charge in [-0.3, -0.25) is 19.4 Å². The number of carboxylic acid groups (broad SMARTS) is 1. The number of carbonyl (C=O) groups is 4. The molecule has 6 rings (SSSR count). The molecule has 4 aromatic rings. The quantitative estimate of drug-likeness (QED) is 0.151. The number of aliphatic imine (C=N–C) groups is 1. The first-order chi connectivity index (χ1) is 24.6. The lowest BCUT2D eigenvalue weighted by Crippen LogP contribution is -2.43. The third-order valence-corrected chi connectivity index (χ3v) is 8.74. The van der Waals surface area contributed by atoms with Crippen molar-refractivity contribution in [3.05, 3.63) is 77.9 Å². The average Bonchev–Trinajstić information content (AvgIpc) is 3.67. The highest BCUT2D eigenvalue weighted by Crippen LogP contribution is 2.38. The molecule has 2 aliphatic rings. The summed E-state index contributed by atoms with van der Waals surface area (Å²) in [7, 11) is 4.91. The zero-order chi connectivity index (χ0) is 36.7. The van der Waals surface area contributed by atoms with E-state index >= 15 is 0 Å². The zero-order valence-corrected chi connectivity index (χ0v) is 29.6. The van der Waals surface area contributed by atoms with Crippen molar-refractivity contribution in [1.29, 1.82) is 0 Å². The van der Waals surface area contributed by atoms with Crippen molar-refractivity contribution in [3.63, 3.8) is 0 Å². The highest BCUT2D eigenvalue weighted by molar-refractivity contribution is 6.05. The molecule has 3 N–H and O–H groups in total. The number of benzene rings is 2. The molecule has 0 saturated carbocycles. The lowest BCUT2D eigenvalue weighted by molar-refractivity contribution is -0.116. The molecule has 1 fully saturated rings. The summed E-state index contributed by atoms with van der Waals surface area (Å²) in [6.45, 7) is 4.95. The van der Waals surface area contributed by atoms with Crippen LogP contribution in [0.15, 0.2) is 65.9 Å². The number of ether oxygens (including phenoxy) is 2. The maximum absolute atomic E-state index is 13.2. The monoisotopic (exact) mass is 696 g/mol. The number of piperidine rings is 1. The van der Waals surface area contributed by atoms with Crippen LogP contribution in [0.3, 0.4) is 0 Å². The van der Waals surface area contributed by atoms with Crippen molar-refractivity contribution in [3.8, 4) is 22.6 Å². The van der Waals surface area contributed by atoms with Gasteiger partial charge in [0.15, 0.2) is 11.5 Å². The van der Waals surface area contributed by atoms with Gasteiger partial charge in [0.25, 0.3) is 11.8 Å². The van der Waals surface area contributed by atoms with Gasteiger partial charge in [-0.15, -0.1) is 0 Å². The molecule has 1 saturated heterocycles. The lowest BCUT2D eigenvalue weighted by atomic mass is 10.0. The topological polar surface area (TPSA) is 156 Å². The second-order valence-electron chi connectivity index (χ2n) is 12.1. The van der Waals surface area contributed by atoms with Gasteiger partial charge >= 0.3 is 5.97 Å². The SMILES string of the molecule is CC.COc1cc2c(cc1OCCCC(=O)Nc1cc(C(=O)Nc3ccc(-c4cc(C(=O)O)n(C)c4)cc3)n(C)c1)N=C[C@@H]1CCCCN1C2=O. The van der Waals surface area contributed by atoms with Gasteiger partial charge in [0, 0.05) is 63.0 Å². The van der Waals surface area contributed by atoms with E-state index in [1.165, 1.54) is 7.11 Å². The molecule has 0 unspecified atom stereocenters. The summed E-state index contributed by atoms with van der Waals surface area (Å²) in [6.07, 6.45) is 8.77. The van der Waals surface area contributed by atoms with Gasteiger partial charge in [0.1, 0.15) is 11.4 Å². The number of aromatic carboxylic acids is 1. The summed E-state index contributed by atoms with van der Waals surface area (Å²) in [5, 5.41) is 15.0. The van der Waals surface area contributed by atoms with Gasteiger partial charge < -0.3 is 39.2 Å². The molecule has 13 heteroatoms. The molecule has 2 aliphatic heterocycles. The van der Waals surface area contributed by atoms with Crippen LogP contribution < -0.4 is 20.1 Å². The Hall–Kier alpha value is -5.85. The molecule has 0 spiro atoms. The third kappa shape index (κ3) is 8.31. The first-order valence-corrected chi connectivity index (χ1v) is 17.1. The number of methoxy groups -OCH3 is 1. The van der Waals surface area contributed by atoms with E-state index in [0.29, 0.717) is 52.8 Å². The number of anilines is 2. The number of rotatable bonds is 11. The Bertz CT molecular complexity index is 1940. The predicted octanol–water partition coefficient (Wildman–Crippen LogP) is 6.52. The second kappa shape index (κ2) is 16.2. The summed E-state index contributed by atoms with van der Waals surface area (Å²) in [6, 6.07) is 13.7. The summed E-state index contributed by atoms with van der Waals surface area (Å²) in [4.78, 5) is 56.8. The number of amides is 3. The maximum Gasteiger partial charge on any atom is 0.352 e. The number of carbonyl (C=O) groups excluding carboxylic acids is 3. The van der Waals surface area contributed by atoms with E-state index in [-0.39, 0.29) is 42.5 Å².